The normalized spacial score (nSPS) is 10.5. The molecule has 1 amide bonds. The van der Waals surface area contributed by atoms with E-state index < -0.39 is 0 Å². The number of rotatable bonds is 9. The van der Waals surface area contributed by atoms with Crippen molar-refractivity contribution in [1.82, 2.24) is 10.2 Å². The van der Waals surface area contributed by atoms with Crippen LogP contribution in [0.3, 0.4) is 0 Å². The molecule has 7 nitrogen and oxygen atoms in total. The summed E-state index contributed by atoms with van der Waals surface area (Å²) in [6.45, 7) is 2.42. The molecule has 146 valence electrons. The summed E-state index contributed by atoms with van der Waals surface area (Å²) in [6.07, 6.45) is 0.519. The molecule has 0 aliphatic carbocycles. The summed E-state index contributed by atoms with van der Waals surface area (Å²) in [6, 6.07) is 15.0. The van der Waals surface area contributed by atoms with Crippen molar-refractivity contribution in [3.63, 3.8) is 0 Å². The second-order valence-electron chi connectivity index (χ2n) is 5.75. The monoisotopic (exact) mass is 399 g/mol. The van der Waals surface area contributed by atoms with E-state index in [1.165, 1.54) is 11.8 Å². The first-order valence-corrected chi connectivity index (χ1v) is 9.76. The zero-order valence-electron chi connectivity index (χ0n) is 15.7. The van der Waals surface area contributed by atoms with Gasteiger partial charge in [-0.25, -0.2) is 0 Å². The average molecular weight is 399 g/mol. The molecular weight excluding hydrogens is 378 g/mol. The number of benzene rings is 2. The molecule has 1 heterocycles. The largest absolute Gasteiger partial charge is 0.497 e. The number of carbonyl (C=O) groups is 1. The molecule has 2 aromatic carbocycles. The summed E-state index contributed by atoms with van der Waals surface area (Å²) < 4.78 is 16.3. The number of hydrogen-bond acceptors (Lipinski definition) is 7. The number of anilines is 1. The van der Waals surface area contributed by atoms with Gasteiger partial charge in [0.25, 0.3) is 5.22 Å². The van der Waals surface area contributed by atoms with Crippen LogP contribution < -0.4 is 14.8 Å². The van der Waals surface area contributed by atoms with Gasteiger partial charge in [-0.05, 0) is 36.8 Å². The second-order valence-corrected chi connectivity index (χ2v) is 6.68. The van der Waals surface area contributed by atoms with Crippen molar-refractivity contribution in [2.75, 3.05) is 24.8 Å². The molecule has 0 unspecified atom stereocenters. The van der Waals surface area contributed by atoms with Gasteiger partial charge in [-0.2, -0.15) is 0 Å². The lowest BCUT2D eigenvalue weighted by atomic mass is 10.1. The summed E-state index contributed by atoms with van der Waals surface area (Å²) in [4.78, 5) is 12.2. The molecule has 0 fully saturated rings. The van der Waals surface area contributed by atoms with Crippen molar-refractivity contribution in [2.24, 2.45) is 0 Å². The molecule has 3 rings (SSSR count). The van der Waals surface area contributed by atoms with Crippen LogP contribution in [0.2, 0.25) is 0 Å². The Kier molecular flexibility index (Phi) is 6.91. The van der Waals surface area contributed by atoms with Crippen molar-refractivity contribution in [1.29, 1.82) is 0 Å². The van der Waals surface area contributed by atoms with Crippen molar-refractivity contribution in [3.8, 4) is 11.5 Å². The summed E-state index contributed by atoms with van der Waals surface area (Å²) in [5.74, 6) is 1.91. The summed E-state index contributed by atoms with van der Waals surface area (Å²) in [5, 5.41) is 11.2. The Morgan fingerprint density at radius 2 is 1.93 bits per heavy atom. The standard InChI is InChI=1S/C20H21N3O4S/c1-3-26-17-7-5-4-6-16(17)21-18(24)13-28-20-23-22-19(27-20)12-14-8-10-15(25-2)11-9-14/h4-11H,3,12-13H2,1-2H3,(H,21,24). The second kappa shape index (κ2) is 9.80. The molecule has 0 aliphatic rings. The summed E-state index contributed by atoms with van der Waals surface area (Å²) in [7, 11) is 1.63. The maximum atomic E-state index is 12.2. The molecule has 0 aliphatic heterocycles. The maximum Gasteiger partial charge on any atom is 0.277 e. The van der Waals surface area contributed by atoms with E-state index in [1.54, 1.807) is 13.2 Å². The van der Waals surface area contributed by atoms with Crippen molar-refractivity contribution >= 4 is 23.4 Å². The predicted octanol–water partition coefficient (Wildman–Crippen LogP) is 3.80. The van der Waals surface area contributed by atoms with E-state index in [2.05, 4.69) is 15.5 Å². The third-order valence-corrected chi connectivity index (χ3v) is 4.57. The van der Waals surface area contributed by atoms with Crippen LogP contribution in [0.25, 0.3) is 0 Å². The van der Waals surface area contributed by atoms with Crippen LogP contribution in [-0.2, 0) is 11.2 Å². The highest BCUT2D eigenvalue weighted by Crippen LogP contribution is 2.24. The Morgan fingerprint density at radius 1 is 1.14 bits per heavy atom. The predicted molar refractivity (Wildman–Crippen MR) is 107 cm³/mol. The lowest BCUT2D eigenvalue weighted by Gasteiger charge is -2.10. The van der Waals surface area contributed by atoms with Crippen molar-refractivity contribution in [3.05, 3.63) is 60.0 Å². The molecule has 1 N–H and O–H groups in total. The van der Waals surface area contributed by atoms with Gasteiger partial charge >= 0.3 is 0 Å². The Labute approximate surface area is 167 Å². The van der Waals surface area contributed by atoms with E-state index >= 15 is 0 Å². The number of hydrogen-bond donors (Lipinski definition) is 1. The topological polar surface area (TPSA) is 86.5 Å². The number of para-hydroxylation sites is 2. The third kappa shape index (κ3) is 5.50. The molecule has 0 saturated carbocycles. The minimum atomic E-state index is -0.174. The SMILES string of the molecule is CCOc1ccccc1NC(=O)CSc1nnc(Cc2ccc(OC)cc2)o1. The van der Waals surface area contributed by atoms with Gasteiger partial charge in [0, 0.05) is 0 Å². The van der Waals surface area contributed by atoms with Gasteiger partial charge in [-0.1, -0.05) is 36.0 Å². The van der Waals surface area contributed by atoms with E-state index in [1.807, 2.05) is 49.4 Å². The maximum absolute atomic E-state index is 12.2. The van der Waals surface area contributed by atoms with Crippen LogP contribution in [0.4, 0.5) is 5.69 Å². The minimum absolute atomic E-state index is 0.157. The average Bonchev–Trinajstić information content (AvgIpc) is 3.16. The van der Waals surface area contributed by atoms with Crippen molar-refractivity contribution < 1.29 is 18.7 Å². The van der Waals surface area contributed by atoms with Gasteiger partial charge in [0.2, 0.25) is 11.8 Å². The van der Waals surface area contributed by atoms with Crippen LogP contribution in [0.5, 0.6) is 11.5 Å². The fraction of sp³-hybridized carbons (Fsp3) is 0.250. The first-order chi connectivity index (χ1) is 13.7. The number of methoxy groups -OCH3 is 1. The molecular formula is C20H21N3O4S. The summed E-state index contributed by atoms with van der Waals surface area (Å²) >= 11 is 1.19. The van der Waals surface area contributed by atoms with Gasteiger partial charge in [-0.15, -0.1) is 10.2 Å². The number of thioether (sulfide) groups is 1. The molecule has 0 spiro atoms. The Morgan fingerprint density at radius 3 is 2.68 bits per heavy atom. The zero-order chi connectivity index (χ0) is 19.8. The number of amides is 1. The number of nitrogens with zero attached hydrogens (tertiary/aromatic N) is 2. The Balaban J connectivity index is 1.52. The number of aromatic nitrogens is 2. The van der Waals surface area contributed by atoms with Gasteiger partial charge in [-0.3, -0.25) is 4.79 Å². The fourth-order valence-electron chi connectivity index (χ4n) is 2.45. The van der Waals surface area contributed by atoms with E-state index in [4.69, 9.17) is 13.9 Å². The third-order valence-electron chi connectivity index (χ3n) is 3.75. The first-order valence-electron chi connectivity index (χ1n) is 8.77. The highest BCUT2D eigenvalue weighted by atomic mass is 32.2. The van der Waals surface area contributed by atoms with E-state index in [0.717, 1.165) is 11.3 Å². The molecule has 0 bridgehead atoms. The van der Waals surface area contributed by atoms with Crippen LogP contribution in [0.15, 0.2) is 58.2 Å². The molecule has 28 heavy (non-hydrogen) atoms. The van der Waals surface area contributed by atoms with Gasteiger partial charge in [0.1, 0.15) is 11.5 Å². The smallest absolute Gasteiger partial charge is 0.277 e. The van der Waals surface area contributed by atoms with E-state index in [-0.39, 0.29) is 11.7 Å². The van der Waals surface area contributed by atoms with Crippen LogP contribution in [0, 0.1) is 0 Å². The summed E-state index contributed by atoms with van der Waals surface area (Å²) in [5.41, 5.74) is 1.67. The number of ether oxygens (including phenoxy) is 2. The van der Waals surface area contributed by atoms with Crippen LogP contribution in [-0.4, -0.2) is 35.6 Å². The van der Waals surface area contributed by atoms with E-state index in [9.17, 15) is 4.79 Å². The molecule has 0 atom stereocenters. The Hall–Kier alpha value is -3.00. The lowest BCUT2D eigenvalue weighted by Crippen LogP contribution is -2.14. The number of nitrogens with one attached hydrogen (secondary N) is 1. The number of carbonyl (C=O) groups excluding carboxylic acids is 1. The van der Waals surface area contributed by atoms with Crippen molar-refractivity contribution in [2.45, 2.75) is 18.6 Å². The molecule has 0 radical (unpaired) electrons. The highest BCUT2D eigenvalue weighted by molar-refractivity contribution is 7.99. The zero-order valence-corrected chi connectivity index (χ0v) is 16.5. The molecule has 8 heteroatoms. The minimum Gasteiger partial charge on any atom is -0.497 e. The lowest BCUT2D eigenvalue weighted by molar-refractivity contribution is -0.113. The van der Waals surface area contributed by atoms with Gasteiger partial charge in [0.05, 0.1) is 31.6 Å². The fourth-order valence-corrected chi connectivity index (χ4v) is 3.03. The van der Waals surface area contributed by atoms with Crippen LogP contribution >= 0.6 is 11.8 Å². The van der Waals surface area contributed by atoms with E-state index in [0.29, 0.717) is 35.6 Å². The molecule has 3 aromatic rings. The first kappa shape index (κ1) is 19.8. The Bertz CT molecular complexity index is 912. The van der Waals surface area contributed by atoms with Gasteiger partial charge in [0.15, 0.2) is 0 Å². The van der Waals surface area contributed by atoms with Gasteiger partial charge < -0.3 is 19.2 Å². The molecule has 1 aromatic heterocycles. The van der Waals surface area contributed by atoms with Crippen LogP contribution in [0.1, 0.15) is 18.4 Å². The quantitative estimate of drug-likeness (QED) is 0.548. The molecule has 0 saturated heterocycles. The highest BCUT2D eigenvalue weighted by Gasteiger charge is 2.12.